The van der Waals surface area contributed by atoms with Crippen molar-refractivity contribution < 1.29 is 22.7 Å². The highest BCUT2D eigenvalue weighted by atomic mass is 32.2. The number of rotatable bonds is 6. The maximum atomic E-state index is 12.7. The van der Waals surface area contributed by atoms with Crippen molar-refractivity contribution in [2.75, 3.05) is 17.9 Å². The largest absolute Gasteiger partial charge is 0.486 e. The van der Waals surface area contributed by atoms with Crippen molar-refractivity contribution in [3.63, 3.8) is 0 Å². The standard InChI is InChI=1S/C24H24N2O5S/c1-16-4-3-5-21(17(16)2)26-32(28,29)20-9-7-19(8-10-20)24(27)25-15-18-6-11-22-23(14-18)31-13-12-30-22/h3-11,14,26H,12-13,15H2,1-2H3,(H,25,27). The van der Waals surface area contributed by atoms with E-state index in [1.807, 2.05) is 38.1 Å². The van der Waals surface area contributed by atoms with Crippen molar-refractivity contribution in [1.82, 2.24) is 5.32 Å². The lowest BCUT2D eigenvalue weighted by Crippen LogP contribution is -2.23. The van der Waals surface area contributed by atoms with E-state index >= 15 is 0 Å². The van der Waals surface area contributed by atoms with Crippen LogP contribution in [0.25, 0.3) is 0 Å². The molecule has 4 rings (SSSR count). The number of nitrogens with one attached hydrogen (secondary N) is 2. The number of anilines is 1. The number of carbonyl (C=O) groups is 1. The zero-order valence-electron chi connectivity index (χ0n) is 17.8. The maximum Gasteiger partial charge on any atom is 0.261 e. The van der Waals surface area contributed by atoms with Crippen molar-refractivity contribution in [3.05, 3.63) is 82.9 Å². The van der Waals surface area contributed by atoms with Gasteiger partial charge in [-0.15, -0.1) is 0 Å². The lowest BCUT2D eigenvalue weighted by molar-refractivity contribution is 0.0950. The minimum absolute atomic E-state index is 0.0850. The molecule has 0 aromatic heterocycles. The van der Waals surface area contributed by atoms with Gasteiger partial charge < -0.3 is 14.8 Å². The molecule has 0 spiro atoms. The van der Waals surface area contributed by atoms with Crippen LogP contribution in [0.4, 0.5) is 5.69 Å². The highest BCUT2D eigenvalue weighted by Gasteiger charge is 2.17. The maximum absolute atomic E-state index is 12.7. The van der Waals surface area contributed by atoms with Crippen LogP contribution < -0.4 is 19.5 Å². The molecule has 1 aliphatic rings. The molecule has 8 heteroatoms. The Bertz CT molecular complexity index is 1250. The van der Waals surface area contributed by atoms with Gasteiger partial charge in [0.25, 0.3) is 15.9 Å². The summed E-state index contributed by atoms with van der Waals surface area (Å²) in [5.74, 6) is 1.05. The minimum Gasteiger partial charge on any atom is -0.486 e. The van der Waals surface area contributed by atoms with Crippen molar-refractivity contribution in [3.8, 4) is 11.5 Å². The van der Waals surface area contributed by atoms with E-state index in [0.29, 0.717) is 42.5 Å². The normalized spacial score (nSPS) is 12.8. The molecule has 3 aromatic carbocycles. The number of sulfonamides is 1. The average Bonchev–Trinajstić information content (AvgIpc) is 2.80. The molecule has 1 heterocycles. The van der Waals surface area contributed by atoms with Gasteiger partial charge in [-0.05, 0) is 73.0 Å². The number of hydrogen-bond donors (Lipinski definition) is 2. The molecule has 0 radical (unpaired) electrons. The number of benzene rings is 3. The van der Waals surface area contributed by atoms with E-state index in [2.05, 4.69) is 10.0 Å². The molecule has 3 aromatic rings. The van der Waals surface area contributed by atoms with E-state index in [9.17, 15) is 13.2 Å². The molecule has 166 valence electrons. The van der Waals surface area contributed by atoms with E-state index in [4.69, 9.17) is 9.47 Å². The van der Waals surface area contributed by atoms with Crippen LogP contribution in [0.1, 0.15) is 27.0 Å². The van der Waals surface area contributed by atoms with Crippen molar-refractivity contribution in [1.29, 1.82) is 0 Å². The lowest BCUT2D eigenvalue weighted by Gasteiger charge is -2.19. The lowest BCUT2D eigenvalue weighted by atomic mass is 10.1. The Morgan fingerprint density at radius 2 is 1.66 bits per heavy atom. The van der Waals surface area contributed by atoms with Crippen molar-refractivity contribution in [2.45, 2.75) is 25.3 Å². The predicted molar refractivity (Wildman–Crippen MR) is 122 cm³/mol. The summed E-state index contributed by atoms with van der Waals surface area (Å²) in [6.45, 7) is 5.11. The quantitative estimate of drug-likeness (QED) is 0.593. The van der Waals surface area contributed by atoms with Crippen molar-refractivity contribution >= 4 is 21.6 Å². The van der Waals surface area contributed by atoms with Crippen molar-refractivity contribution in [2.24, 2.45) is 0 Å². The zero-order chi connectivity index (χ0) is 22.7. The van der Waals surface area contributed by atoms with Crippen LogP contribution in [0.5, 0.6) is 11.5 Å². The number of amides is 1. The van der Waals surface area contributed by atoms with Crippen LogP contribution in [0.15, 0.2) is 65.6 Å². The van der Waals surface area contributed by atoms with E-state index in [-0.39, 0.29) is 10.8 Å². The number of aryl methyl sites for hydroxylation is 1. The van der Waals surface area contributed by atoms with Gasteiger partial charge >= 0.3 is 0 Å². The summed E-state index contributed by atoms with van der Waals surface area (Å²) in [7, 11) is -3.77. The van der Waals surface area contributed by atoms with Gasteiger partial charge in [0.05, 0.1) is 10.6 Å². The van der Waals surface area contributed by atoms with Crippen LogP contribution in [-0.2, 0) is 16.6 Å². The second-order valence-electron chi connectivity index (χ2n) is 7.54. The fraction of sp³-hybridized carbons (Fsp3) is 0.208. The van der Waals surface area contributed by atoms with Gasteiger partial charge in [-0.2, -0.15) is 0 Å². The summed E-state index contributed by atoms with van der Waals surface area (Å²) in [6.07, 6.45) is 0. The molecular formula is C24H24N2O5S. The molecule has 0 bridgehead atoms. The summed E-state index contributed by atoms with van der Waals surface area (Å²) < 4.78 is 39.1. The molecule has 1 amide bonds. The van der Waals surface area contributed by atoms with E-state index in [1.54, 1.807) is 12.1 Å². The van der Waals surface area contributed by atoms with E-state index in [0.717, 1.165) is 16.7 Å². The third-order valence-corrected chi connectivity index (χ3v) is 6.72. The predicted octanol–water partition coefficient (Wildman–Crippen LogP) is 3.81. The van der Waals surface area contributed by atoms with Gasteiger partial charge in [0.2, 0.25) is 0 Å². The summed E-state index contributed by atoms with van der Waals surface area (Å²) >= 11 is 0. The molecule has 0 unspecified atom stereocenters. The first-order chi connectivity index (χ1) is 15.3. The number of fused-ring (bicyclic) bond motifs is 1. The first kappa shape index (κ1) is 21.7. The monoisotopic (exact) mass is 452 g/mol. The second kappa shape index (κ2) is 8.92. The van der Waals surface area contributed by atoms with E-state index < -0.39 is 10.0 Å². The molecule has 0 atom stereocenters. The third kappa shape index (κ3) is 4.70. The first-order valence-corrected chi connectivity index (χ1v) is 11.7. The number of ether oxygens (including phenoxy) is 2. The summed E-state index contributed by atoms with van der Waals surface area (Å²) in [5.41, 5.74) is 3.64. The number of hydrogen-bond acceptors (Lipinski definition) is 5. The summed E-state index contributed by atoms with van der Waals surface area (Å²) in [6, 6.07) is 16.8. The Labute approximate surface area is 187 Å². The fourth-order valence-electron chi connectivity index (χ4n) is 3.33. The molecule has 0 fully saturated rings. The Hall–Kier alpha value is -3.52. The fourth-order valence-corrected chi connectivity index (χ4v) is 4.46. The molecule has 0 saturated heterocycles. The van der Waals surface area contributed by atoms with Crippen LogP contribution in [0.2, 0.25) is 0 Å². The third-order valence-electron chi connectivity index (χ3n) is 5.34. The molecule has 1 aliphatic heterocycles. The highest BCUT2D eigenvalue weighted by Crippen LogP contribution is 2.30. The molecule has 7 nitrogen and oxygen atoms in total. The van der Waals surface area contributed by atoms with Crippen LogP contribution >= 0.6 is 0 Å². The van der Waals surface area contributed by atoms with Gasteiger partial charge in [-0.3, -0.25) is 9.52 Å². The van der Waals surface area contributed by atoms with Gasteiger partial charge in [0, 0.05) is 12.1 Å². The number of carbonyl (C=O) groups excluding carboxylic acids is 1. The topological polar surface area (TPSA) is 93.7 Å². The van der Waals surface area contributed by atoms with Crippen LogP contribution in [0, 0.1) is 13.8 Å². The Balaban J connectivity index is 1.41. The molecule has 0 aliphatic carbocycles. The average molecular weight is 453 g/mol. The van der Waals surface area contributed by atoms with E-state index in [1.165, 1.54) is 24.3 Å². The Morgan fingerprint density at radius 3 is 2.41 bits per heavy atom. The highest BCUT2D eigenvalue weighted by molar-refractivity contribution is 7.92. The Kier molecular flexibility index (Phi) is 6.05. The molecule has 0 saturated carbocycles. The smallest absolute Gasteiger partial charge is 0.261 e. The summed E-state index contributed by atoms with van der Waals surface area (Å²) in [4.78, 5) is 12.6. The summed E-state index contributed by atoms with van der Waals surface area (Å²) in [5, 5.41) is 2.83. The van der Waals surface area contributed by atoms with Crippen LogP contribution in [-0.4, -0.2) is 27.5 Å². The van der Waals surface area contributed by atoms with Gasteiger partial charge in [-0.25, -0.2) is 8.42 Å². The molecule has 2 N–H and O–H groups in total. The first-order valence-electron chi connectivity index (χ1n) is 10.2. The SMILES string of the molecule is Cc1cccc(NS(=O)(=O)c2ccc(C(=O)NCc3ccc4c(c3)OCCO4)cc2)c1C. The van der Waals surface area contributed by atoms with Gasteiger partial charge in [0.1, 0.15) is 13.2 Å². The zero-order valence-corrected chi connectivity index (χ0v) is 18.7. The second-order valence-corrected chi connectivity index (χ2v) is 9.22. The van der Waals surface area contributed by atoms with Gasteiger partial charge in [0.15, 0.2) is 11.5 Å². The van der Waals surface area contributed by atoms with Gasteiger partial charge in [-0.1, -0.05) is 18.2 Å². The van der Waals surface area contributed by atoms with Crippen LogP contribution in [0.3, 0.4) is 0 Å². The molecular weight excluding hydrogens is 428 g/mol. The Morgan fingerprint density at radius 1 is 0.938 bits per heavy atom. The molecule has 32 heavy (non-hydrogen) atoms. The minimum atomic E-state index is -3.77.